The highest BCUT2D eigenvalue weighted by Gasteiger charge is 2.15. The van der Waals surface area contributed by atoms with Gasteiger partial charge in [0.15, 0.2) is 0 Å². The van der Waals surface area contributed by atoms with E-state index < -0.39 is 5.97 Å². The van der Waals surface area contributed by atoms with Gasteiger partial charge in [-0.25, -0.2) is 9.78 Å². The first-order valence-electron chi connectivity index (χ1n) is 4.54. The molecule has 1 heterocycles. The number of carbonyl (C=O) groups excluding carboxylic acids is 1. The lowest BCUT2D eigenvalue weighted by atomic mass is 10.3. The van der Waals surface area contributed by atoms with Crippen LogP contribution in [0.2, 0.25) is 0 Å². The van der Waals surface area contributed by atoms with E-state index in [0.29, 0.717) is 17.7 Å². The molecule has 0 saturated heterocycles. The van der Waals surface area contributed by atoms with Crippen molar-refractivity contribution in [1.82, 2.24) is 4.98 Å². The van der Waals surface area contributed by atoms with Gasteiger partial charge in [-0.2, -0.15) is 0 Å². The third-order valence-electron chi connectivity index (χ3n) is 1.75. The molecule has 0 aliphatic carbocycles. The Hall–Kier alpha value is -1.14. The van der Waals surface area contributed by atoms with Gasteiger partial charge in [0, 0.05) is 17.8 Å². The van der Waals surface area contributed by atoms with Crippen molar-refractivity contribution in [1.29, 1.82) is 0 Å². The van der Waals surface area contributed by atoms with Crippen LogP contribution < -0.4 is 4.74 Å². The van der Waals surface area contributed by atoms with Gasteiger partial charge in [-0.05, 0) is 22.0 Å². The molecule has 5 nitrogen and oxygen atoms in total. The number of carbonyl (C=O) groups is 1. The number of rotatable bonds is 5. The van der Waals surface area contributed by atoms with Crippen molar-refractivity contribution in [3.05, 3.63) is 22.3 Å². The molecular weight excluding hydrogens is 278 g/mol. The fraction of sp³-hybridized carbons (Fsp3) is 0.400. The van der Waals surface area contributed by atoms with Crippen LogP contribution in [0.5, 0.6) is 5.88 Å². The van der Waals surface area contributed by atoms with Gasteiger partial charge in [-0.1, -0.05) is 0 Å². The van der Waals surface area contributed by atoms with Crippen molar-refractivity contribution in [2.24, 2.45) is 0 Å². The molecule has 16 heavy (non-hydrogen) atoms. The van der Waals surface area contributed by atoms with E-state index in [1.165, 1.54) is 7.11 Å². The fourth-order valence-electron chi connectivity index (χ4n) is 1.02. The van der Waals surface area contributed by atoms with Crippen LogP contribution in [-0.2, 0) is 9.47 Å². The second kappa shape index (κ2) is 6.44. The zero-order valence-corrected chi connectivity index (χ0v) is 10.6. The van der Waals surface area contributed by atoms with Gasteiger partial charge >= 0.3 is 5.97 Å². The van der Waals surface area contributed by atoms with Crippen molar-refractivity contribution in [2.75, 3.05) is 27.4 Å². The minimum atomic E-state index is -0.485. The molecule has 0 N–H and O–H groups in total. The standard InChI is InChI=1S/C10H12BrNO4/c1-14-3-4-16-9-8(10(13)15-2)5-7(11)6-12-9/h5-6H,3-4H2,1-2H3. The molecule has 0 spiro atoms. The lowest BCUT2D eigenvalue weighted by Crippen LogP contribution is -2.10. The highest BCUT2D eigenvalue weighted by Crippen LogP contribution is 2.20. The van der Waals surface area contributed by atoms with E-state index in [0.717, 1.165) is 0 Å². The summed E-state index contributed by atoms with van der Waals surface area (Å²) in [6.45, 7) is 0.757. The first-order valence-corrected chi connectivity index (χ1v) is 5.34. The second-order valence-electron chi connectivity index (χ2n) is 2.84. The summed E-state index contributed by atoms with van der Waals surface area (Å²) in [4.78, 5) is 15.4. The predicted molar refractivity (Wildman–Crippen MR) is 60.6 cm³/mol. The van der Waals surface area contributed by atoms with Crippen LogP contribution >= 0.6 is 15.9 Å². The van der Waals surface area contributed by atoms with Crippen LogP contribution in [0.25, 0.3) is 0 Å². The maximum absolute atomic E-state index is 11.4. The molecule has 0 aromatic carbocycles. The molecular formula is C10H12BrNO4. The number of ether oxygens (including phenoxy) is 3. The molecule has 1 aromatic rings. The zero-order chi connectivity index (χ0) is 12.0. The van der Waals surface area contributed by atoms with Crippen molar-refractivity contribution < 1.29 is 19.0 Å². The summed E-state index contributed by atoms with van der Waals surface area (Å²) in [5, 5.41) is 0. The Bertz CT molecular complexity index is 370. The topological polar surface area (TPSA) is 57.7 Å². The van der Waals surface area contributed by atoms with E-state index in [9.17, 15) is 4.79 Å². The molecule has 0 aliphatic heterocycles. The third kappa shape index (κ3) is 3.46. The van der Waals surface area contributed by atoms with Gasteiger partial charge in [0.05, 0.1) is 13.7 Å². The molecule has 6 heteroatoms. The summed E-state index contributed by atoms with van der Waals surface area (Å²) >= 11 is 3.23. The lowest BCUT2D eigenvalue weighted by molar-refractivity contribution is 0.0592. The maximum atomic E-state index is 11.4. The van der Waals surface area contributed by atoms with Crippen LogP contribution in [0.15, 0.2) is 16.7 Å². The number of pyridine rings is 1. The van der Waals surface area contributed by atoms with E-state index in [1.807, 2.05) is 0 Å². The molecule has 1 rings (SSSR count). The largest absolute Gasteiger partial charge is 0.475 e. The Morgan fingerprint density at radius 3 is 2.81 bits per heavy atom. The summed E-state index contributed by atoms with van der Waals surface area (Å²) in [5.74, 6) is -0.242. The summed E-state index contributed by atoms with van der Waals surface area (Å²) in [6.07, 6.45) is 1.55. The van der Waals surface area contributed by atoms with Gasteiger partial charge in [0.2, 0.25) is 5.88 Å². The molecule has 0 radical (unpaired) electrons. The minimum absolute atomic E-state index is 0.243. The van der Waals surface area contributed by atoms with Crippen molar-refractivity contribution in [2.45, 2.75) is 0 Å². The number of hydrogen-bond acceptors (Lipinski definition) is 5. The van der Waals surface area contributed by atoms with Gasteiger partial charge in [0.25, 0.3) is 0 Å². The van der Waals surface area contributed by atoms with Crippen LogP contribution in [0.1, 0.15) is 10.4 Å². The lowest BCUT2D eigenvalue weighted by Gasteiger charge is -2.08. The third-order valence-corrected chi connectivity index (χ3v) is 2.18. The zero-order valence-electron chi connectivity index (χ0n) is 9.03. The Balaban J connectivity index is 2.85. The number of methoxy groups -OCH3 is 2. The number of aromatic nitrogens is 1. The molecule has 88 valence electrons. The molecule has 0 atom stereocenters. The molecule has 0 bridgehead atoms. The quantitative estimate of drug-likeness (QED) is 0.609. The molecule has 0 fully saturated rings. The van der Waals surface area contributed by atoms with E-state index in [1.54, 1.807) is 19.4 Å². The molecule has 0 saturated carbocycles. The first kappa shape index (κ1) is 12.9. The van der Waals surface area contributed by atoms with Crippen molar-refractivity contribution in [3.8, 4) is 5.88 Å². The normalized spacial score (nSPS) is 9.94. The van der Waals surface area contributed by atoms with E-state index in [4.69, 9.17) is 9.47 Å². The fourth-order valence-corrected chi connectivity index (χ4v) is 1.35. The number of nitrogens with zero attached hydrogens (tertiary/aromatic N) is 1. The van der Waals surface area contributed by atoms with Crippen LogP contribution in [-0.4, -0.2) is 38.4 Å². The van der Waals surface area contributed by atoms with Crippen LogP contribution in [0.3, 0.4) is 0 Å². The summed E-state index contributed by atoms with van der Waals surface area (Å²) in [5.41, 5.74) is 0.285. The molecule has 0 amide bonds. The Morgan fingerprint density at radius 2 is 2.19 bits per heavy atom. The average Bonchev–Trinajstić information content (AvgIpc) is 2.30. The van der Waals surface area contributed by atoms with Gasteiger partial charge < -0.3 is 14.2 Å². The van der Waals surface area contributed by atoms with Gasteiger partial charge in [-0.15, -0.1) is 0 Å². The number of esters is 1. The Morgan fingerprint density at radius 1 is 1.44 bits per heavy atom. The smallest absolute Gasteiger partial charge is 0.343 e. The summed E-state index contributed by atoms with van der Waals surface area (Å²) in [7, 11) is 2.88. The van der Waals surface area contributed by atoms with Crippen LogP contribution in [0, 0.1) is 0 Å². The monoisotopic (exact) mass is 289 g/mol. The Kier molecular flexibility index (Phi) is 5.21. The first-order chi connectivity index (χ1) is 7.69. The predicted octanol–water partition coefficient (Wildman–Crippen LogP) is 1.66. The summed E-state index contributed by atoms with van der Waals surface area (Å²) < 4.78 is 15.4. The van der Waals surface area contributed by atoms with E-state index in [2.05, 4.69) is 25.7 Å². The highest BCUT2D eigenvalue weighted by molar-refractivity contribution is 9.10. The molecule has 1 aromatic heterocycles. The summed E-state index contributed by atoms with van der Waals surface area (Å²) in [6, 6.07) is 1.60. The van der Waals surface area contributed by atoms with Gasteiger partial charge in [0.1, 0.15) is 12.2 Å². The minimum Gasteiger partial charge on any atom is -0.475 e. The SMILES string of the molecule is COCCOc1ncc(Br)cc1C(=O)OC. The highest BCUT2D eigenvalue weighted by atomic mass is 79.9. The van der Waals surface area contributed by atoms with E-state index >= 15 is 0 Å². The second-order valence-corrected chi connectivity index (χ2v) is 3.75. The van der Waals surface area contributed by atoms with Crippen molar-refractivity contribution in [3.63, 3.8) is 0 Å². The number of hydrogen-bond donors (Lipinski definition) is 0. The number of halogens is 1. The Labute approximate surface area is 102 Å². The van der Waals surface area contributed by atoms with Crippen molar-refractivity contribution >= 4 is 21.9 Å². The molecule has 0 aliphatic rings. The molecule has 0 unspecified atom stereocenters. The van der Waals surface area contributed by atoms with E-state index in [-0.39, 0.29) is 11.4 Å². The maximum Gasteiger partial charge on any atom is 0.343 e. The average molecular weight is 290 g/mol. The van der Waals surface area contributed by atoms with Gasteiger partial charge in [-0.3, -0.25) is 0 Å². The van der Waals surface area contributed by atoms with Crippen LogP contribution in [0.4, 0.5) is 0 Å².